The molecule has 0 aromatic heterocycles. The van der Waals surface area contributed by atoms with Crippen LogP contribution in [-0.2, 0) is 11.3 Å². The highest BCUT2D eigenvalue weighted by molar-refractivity contribution is 5.73. The van der Waals surface area contributed by atoms with Gasteiger partial charge in [0.15, 0.2) is 0 Å². The highest BCUT2D eigenvalue weighted by atomic mass is 16.4. The van der Waals surface area contributed by atoms with Crippen LogP contribution < -0.4 is 0 Å². The van der Waals surface area contributed by atoms with Gasteiger partial charge in [0.2, 0.25) is 0 Å². The fourth-order valence-electron chi connectivity index (χ4n) is 2.22. The first-order valence-electron chi connectivity index (χ1n) is 6.03. The number of benzene rings is 1. The zero-order valence-corrected chi connectivity index (χ0v) is 10.4. The zero-order chi connectivity index (χ0) is 12.4. The van der Waals surface area contributed by atoms with Crippen molar-refractivity contribution in [3.63, 3.8) is 0 Å². The smallest absolute Gasteiger partial charge is 0.306 e. The van der Waals surface area contributed by atoms with E-state index >= 15 is 0 Å². The van der Waals surface area contributed by atoms with Gasteiger partial charge in [-0.15, -0.1) is 0 Å². The van der Waals surface area contributed by atoms with Gasteiger partial charge in [-0.05, 0) is 31.9 Å². The first kappa shape index (κ1) is 12.1. The third-order valence-corrected chi connectivity index (χ3v) is 3.36. The zero-order valence-electron chi connectivity index (χ0n) is 10.4. The van der Waals surface area contributed by atoms with Crippen molar-refractivity contribution in [1.82, 2.24) is 4.90 Å². The van der Waals surface area contributed by atoms with E-state index in [1.54, 1.807) is 0 Å². The molecule has 0 aliphatic heterocycles. The van der Waals surface area contributed by atoms with Crippen molar-refractivity contribution in [2.24, 2.45) is 11.8 Å². The summed E-state index contributed by atoms with van der Waals surface area (Å²) in [5, 5.41) is 8.84. The van der Waals surface area contributed by atoms with Crippen LogP contribution in [0.25, 0.3) is 0 Å². The molecule has 1 aromatic rings. The monoisotopic (exact) mass is 233 g/mol. The fourth-order valence-corrected chi connectivity index (χ4v) is 2.22. The van der Waals surface area contributed by atoms with Gasteiger partial charge in [-0.1, -0.05) is 29.8 Å². The normalized spacial score (nSPS) is 22.8. The van der Waals surface area contributed by atoms with Crippen molar-refractivity contribution in [2.75, 3.05) is 13.6 Å². The van der Waals surface area contributed by atoms with Gasteiger partial charge < -0.3 is 10.0 Å². The maximum absolute atomic E-state index is 10.7. The Morgan fingerprint density at radius 1 is 1.41 bits per heavy atom. The average Bonchev–Trinajstić information content (AvgIpc) is 3.01. The van der Waals surface area contributed by atoms with Crippen LogP contribution in [0, 0.1) is 18.8 Å². The number of aryl methyl sites for hydroxylation is 1. The predicted molar refractivity (Wildman–Crippen MR) is 66.7 cm³/mol. The summed E-state index contributed by atoms with van der Waals surface area (Å²) in [5.74, 6) is -0.392. The molecule has 1 aliphatic carbocycles. The molecule has 17 heavy (non-hydrogen) atoms. The number of aliphatic carboxylic acids is 1. The van der Waals surface area contributed by atoms with Gasteiger partial charge in [-0.25, -0.2) is 0 Å². The second kappa shape index (κ2) is 4.88. The molecule has 1 saturated carbocycles. The molecule has 1 aromatic carbocycles. The summed E-state index contributed by atoms with van der Waals surface area (Å²) in [6.45, 7) is 3.85. The molecule has 0 spiro atoms. The molecule has 2 atom stereocenters. The lowest BCUT2D eigenvalue weighted by atomic mass is 10.1. The standard InChI is InChI=1S/C14H19NO2/c1-10-3-5-11(6-4-10)8-15(2)9-12-7-13(12)14(16)17/h3-6,12-13H,7-9H2,1-2H3,(H,16,17). The Labute approximate surface area is 102 Å². The van der Waals surface area contributed by atoms with E-state index < -0.39 is 5.97 Å². The van der Waals surface area contributed by atoms with Crippen LogP contribution in [0.1, 0.15) is 17.5 Å². The molecular formula is C14H19NO2. The number of carboxylic acid groups (broad SMARTS) is 1. The van der Waals surface area contributed by atoms with Gasteiger partial charge in [0.1, 0.15) is 0 Å². The Bertz CT molecular complexity index is 399. The number of hydrogen-bond donors (Lipinski definition) is 1. The number of carbonyl (C=O) groups is 1. The molecule has 0 saturated heterocycles. The molecule has 0 radical (unpaired) electrons. The summed E-state index contributed by atoms with van der Waals surface area (Å²) >= 11 is 0. The lowest BCUT2D eigenvalue weighted by Crippen LogP contribution is -2.21. The summed E-state index contributed by atoms with van der Waals surface area (Å²) in [4.78, 5) is 12.9. The highest BCUT2D eigenvalue weighted by Crippen LogP contribution is 2.39. The van der Waals surface area contributed by atoms with E-state index in [4.69, 9.17) is 5.11 Å². The van der Waals surface area contributed by atoms with Gasteiger partial charge >= 0.3 is 5.97 Å². The predicted octanol–water partition coefficient (Wildman–Crippen LogP) is 2.15. The first-order valence-corrected chi connectivity index (χ1v) is 6.03. The Morgan fingerprint density at radius 3 is 2.59 bits per heavy atom. The lowest BCUT2D eigenvalue weighted by Gasteiger charge is -2.16. The van der Waals surface area contributed by atoms with E-state index in [0.29, 0.717) is 5.92 Å². The molecule has 1 fully saturated rings. The first-order chi connectivity index (χ1) is 8.06. The van der Waals surface area contributed by atoms with Crippen LogP contribution in [0.3, 0.4) is 0 Å². The number of carboxylic acids is 1. The van der Waals surface area contributed by atoms with Crippen molar-refractivity contribution < 1.29 is 9.90 Å². The Kier molecular flexibility index (Phi) is 3.48. The average molecular weight is 233 g/mol. The third kappa shape index (κ3) is 3.30. The topological polar surface area (TPSA) is 40.5 Å². The summed E-state index contributed by atoms with van der Waals surface area (Å²) in [6, 6.07) is 8.49. The van der Waals surface area contributed by atoms with E-state index in [9.17, 15) is 4.79 Å². The minimum Gasteiger partial charge on any atom is -0.481 e. The molecular weight excluding hydrogens is 214 g/mol. The minimum atomic E-state index is -0.640. The second-order valence-corrected chi connectivity index (χ2v) is 5.12. The Hall–Kier alpha value is -1.35. The van der Waals surface area contributed by atoms with E-state index in [2.05, 4.69) is 43.1 Å². The summed E-state index contributed by atoms with van der Waals surface area (Å²) < 4.78 is 0. The van der Waals surface area contributed by atoms with Crippen LogP contribution in [0.4, 0.5) is 0 Å². The van der Waals surface area contributed by atoms with E-state index in [1.807, 2.05) is 0 Å². The van der Waals surface area contributed by atoms with Crippen molar-refractivity contribution >= 4 is 5.97 Å². The van der Waals surface area contributed by atoms with E-state index in [-0.39, 0.29) is 5.92 Å². The Morgan fingerprint density at radius 2 is 2.06 bits per heavy atom. The molecule has 3 nitrogen and oxygen atoms in total. The van der Waals surface area contributed by atoms with Crippen molar-refractivity contribution in [3.05, 3.63) is 35.4 Å². The Balaban J connectivity index is 1.80. The largest absolute Gasteiger partial charge is 0.481 e. The van der Waals surface area contributed by atoms with Gasteiger partial charge in [-0.2, -0.15) is 0 Å². The molecule has 0 heterocycles. The highest BCUT2D eigenvalue weighted by Gasteiger charge is 2.43. The molecule has 1 N–H and O–H groups in total. The van der Waals surface area contributed by atoms with Crippen LogP contribution >= 0.6 is 0 Å². The molecule has 1 aliphatic rings. The van der Waals surface area contributed by atoms with Gasteiger partial charge in [0.25, 0.3) is 0 Å². The van der Waals surface area contributed by atoms with Gasteiger partial charge in [0, 0.05) is 13.1 Å². The fraction of sp³-hybridized carbons (Fsp3) is 0.500. The molecule has 0 amide bonds. The maximum Gasteiger partial charge on any atom is 0.306 e. The number of rotatable bonds is 5. The molecule has 2 unspecified atom stereocenters. The molecule has 2 rings (SSSR count). The van der Waals surface area contributed by atoms with Crippen LogP contribution in [0.15, 0.2) is 24.3 Å². The van der Waals surface area contributed by atoms with Gasteiger partial charge in [-0.3, -0.25) is 4.79 Å². The summed E-state index contributed by atoms with van der Waals surface area (Å²) in [6.07, 6.45) is 0.841. The van der Waals surface area contributed by atoms with Crippen LogP contribution in [0.5, 0.6) is 0 Å². The van der Waals surface area contributed by atoms with Crippen molar-refractivity contribution in [3.8, 4) is 0 Å². The third-order valence-electron chi connectivity index (χ3n) is 3.36. The molecule has 0 bridgehead atoms. The maximum atomic E-state index is 10.7. The number of hydrogen-bond acceptors (Lipinski definition) is 2. The second-order valence-electron chi connectivity index (χ2n) is 5.12. The quantitative estimate of drug-likeness (QED) is 0.847. The molecule has 92 valence electrons. The minimum absolute atomic E-state index is 0.101. The van der Waals surface area contributed by atoms with Crippen molar-refractivity contribution in [1.29, 1.82) is 0 Å². The number of nitrogens with zero attached hydrogens (tertiary/aromatic N) is 1. The lowest BCUT2D eigenvalue weighted by molar-refractivity contribution is -0.138. The van der Waals surface area contributed by atoms with Crippen LogP contribution in [-0.4, -0.2) is 29.6 Å². The van der Waals surface area contributed by atoms with Crippen molar-refractivity contribution in [2.45, 2.75) is 19.9 Å². The van der Waals surface area contributed by atoms with Crippen LogP contribution in [0.2, 0.25) is 0 Å². The van der Waals surface area contributed by atoms with E-state index in [0.717, 1.165) is 19.5 Å². The SMILES string of the molecule is Cc1ccc(CN(C)CC2CC2C(=O)O)cc1. The summed E-state index contributed by atoms with van der Waals surface area (Å²) in [7, 11) is 2.05. The van der Waals surface area contributed by atoms with E-state index in [1.165, 1.54) is 11.1 Å². The van der Waals surface area contributed by atoms with Gasteiger partial charge in [0.05, 0.1) is 5.92 Å². The summed E-state index contributed by atoms with van der Waals surface area (Å²) in [5.41, 5.74) is 2.55. The molecule has 3 heteroatoms.